The van der Waals surface area contributed by atoms with E-state index >= 15 is 0 Å². The molecule has 3 heteroatoms. The van der Waals surface area contributed by atoms with Gasteiger partial charge in [-0.2, -0.15) is 0 Å². The molecule has 1 aromatic rings. The third-order valence-electron chi connectivity index (χ3n) is 2.00. The smallest absolute Gasteiger partial charge is 0.330 e. The number of hydrogen-bond acceptors (Lipinski definition) is 3. The molecule has 0 aromatic heterocycles. The maximum Gasteiger partial charge on any atom is 0.330 e. The lowest BCUT2D eigenvalue weighted by atomic mass is 10.2. The second-order valence-electron chi connectivity index (χ2n) is 3.37. The number of benzene rings is 1. The molecule has 0 aliphatic heterocycles. The topological polar surface area (TPSA) is 29.5 Å². The van der Waals surface area contributed by atoms with Crippen LogP contribution in [-0.4, -0.2) is 20.1 Å². The molecule has 0 saturated heterocycles. The first-order valence-corrected chi connectivity index (χ1v) is 4.69. The Morgan fingerprint density at radius 1 is 1.40 bits per heavy atom. The predicted molar refractivity (Wildman–Crippen MR) is 60.8 cm³/mol. The lowest BCUT2D eigenvalue weighted by Crippen LogP contribution is -2.08. The number of nitrogens with zero attached hydrogens (tertiary/aromatic N) is 1. The highest BCUT2D eigenvalue weighted by Crippen LogP contribution is 2.12. The van der Waals surface area contributed by atoms with Crippen LogP contribution < -0.4 is 4.90 Å². The summed E-state index contributed by atoms with van der Waals surface area (Å²) >= 11 is 0. The number of ether oxygens (including phenoxy) is 1. The van der Waals surface area contributed by atoms with Gasteiger partial charge in [0.05, 0.1) is 0 Å². The highest BCUT2D eigenvalue weighted by Gasteiger charge is 1.99. The van der Waals surface area contributed by atoms with E-state index in [9.17, 15) is 4.79 Å². The Labute approximate surface area is 90.0 Å². The lowest BCUT2D eigenvalue weighted by Gasteiger charge is -2.12. The minimum Gasteiger partial charge on any atom is -0.458 e. The minimum atomic E-state index is -0.397. The zero-order valence-electron chi connectivity index (χ0n) is 9.06. The Morgan fingerprint density at radius 3 is 2.47 bits per heavy atom. The summed E-state index contributed by atoms with van der Waals surface area (Å²) in [4.78, 5) is 12.8. The number of carbonyl (C=O) groups excluding carboxylic acids is 1. The van der Waals surface area contributed by atoms with Crippen LogP contribution in [0.5, 0.6) is 0 Å². The van der Waals surface area contributed by atoms with Crippen molar-refractivity contribution in [2.75, 3.05) is 19.0 Å². The average Bonchev–Trinajstić information content (AvgIpc) is 2.26. The second-order valence-corrected chi connectivity index (χ2v) is 3.37. The van der Waals surface area contributed by atoms with E-state index in [1.807, 2.05) is 43.3 Å². The van der Waals surface area contributed by atoms with Gasteiger partial charge in [-0.3, -0.25) is 0 Å². The molecule has 0 fully saturated rings. The quantitative estimate of drug-likeness (QED) is 0.556. The summed E-state index contributed by atoms with van der Waals surface area (Å²) in [7, 11) is 3.96. The third-order valence-corrected chi connectivity index (χ3v) is 2.00. The highest BCUT2D eigenvalue weighted by atomic mass is 16.5. The van der Waals surface area contributed by atoms with Crippen LogP contribution in [0.25, 0.3) is 0 Å². The van der Waals surface area contributed by atoms with E-state index < -0.39 is 5.97 Å². The standard InChI is InChI=1S/C12H15NO2/c1-4-12(14)15-9-10-5-7-11(8-6-10)13(2)3/h4-8H,1,9H2,2-3H3. The van der Waals surface area contributed by atoms with Crippen molar-refractivity contribution in [2.24, 2.45) is 0 Å². The summed E-state index contributed by atoms with van der Waals surface area (Å²) in [5, 5.41) is 0. The molecule has 0 radical (unpaired) electrons. The van der Waals surface area contributed by atoms with Crippen LogP contribution in [0.3, 0.4) is 0 Å². The Bertz CT molecular complexity index is 341. The minimum absolute atomic E-state index is 0.290. The van der Waals surface area contributed by atoms with Crippen molar-refractivity contribution in [3.05, 3.63) is 42.5 Å². The van der Waals surface area contributed by atoms with Crippen LogP contribution in [0.15, 0.2) is 36.9 Å². The van der Waals surface area contributed by atoms with Gasteiger partial charge in [0.2, 0.25) is 0 Å². The molecule has 0 bridgehead atoms. The SMILES string of the molecule is C=CC(=O)OCc1ccc(N(C)C)cc1. The van der Waals surface area contributed by atoms with E-state index in [0.29, 0.717) is 6.61 Å². The van der Waals surface area contributed by atoms with Crippen molar-refractivity contribution < 1.29 is 9.53 Å². The van der Waals surface area contributed by atoms with Crippen LogP contribution in [-0.2, 0) is 16.1 Å². The highest BCUT2D eigenvalue weighted by molar-refractivity contribution is 5.81. The molecular weight excluding hydrogens is 190 g/mol. The van der Waals surface area contributed by atoms with Gasteiger partial charge in [0, 0.05) is 25.9 Å². The van der Waals surface area contributed by atoms with Gasteiger partial charge in [-0.25, -0.2) is 4.79 Å². The van der Waals surface area contributed by atoms with Gasteiger partial charge in [0.1, 0.15) is 6.61 Å². The van der Waals surface area contributed by atoms with E-state index in [1.165, 1.54) is 0 Å². The van der Waals surface area contributed by atoms with Crippen molar-refractivity contribution in [2.45, 2.75) is 6.61 Å². The molecule has 3 nitrogen and oxygen atoms in total. The van der Waals surface area contributed by atoms with Crippen LogP contribution in [0.2, 0.25) is 0 Å². The molecule has 0 heterocycles. The first-order valence-electron chi connectivity index (χ1n) is 4.69. The Kier molecular flexibility index (Phi) is 3.92. The Balaban J connectivity index is 2.57. The molecule has 0 saturated carbocycles. The van der Waals surface area contributed by atoms with Crippen LogP contribution in [0.4, 0.5) is 5.69 Å². The summed E-state index contributed by atoms with van der Waals surface area (Å²) in [5.41, 5.74) is 2.09. The molecule has 0 spiro atoms. The van der Waals surface area contributed by atoms with Gasteiger partial charge >= 0.3 is 5.97 Å². The van der Waals surface area contributed by atoms with Crippen molar-refractivity contribution >= 4 is 11.7 Å². The maximum atomic E-state index is 10.8. The zero-order chi connectivity index (χ0) is 11.3. The predicted octanol–water partition coefficient (Wildman–Crippen LogP) is 1.98. The number of anilines is 1. The number of carbonyl (C=O) groups is 1. The Hall–Kier alpha value is -1.77. The molecule has 0 aliphatic rings. The summed E-state index contributed by atoms with van der Waals surface area (Å²) in [6, 6.07) is 7.84. The lowest BCUT2D eigenvalue weighted by molar-refractivity contribution is -0.138. The van der Waals surface area contributed by atoms with Gasteiger partial charge in [-0.15, -0.1) is 0 Å². The Morgan fingerprint density at radius 2 is 2.00 bits per heavy atom. The number of esters is 1. The van der Waals surface area contributed by atoms with Gasteiger partial charge in [-0.05, 0) is 17.7 Å². The fraction of sp³-hybridized carbons (Fsp3) is 0.250. The summed E-state index contributed by atoms with van der Waals surface area (Å²) in [5.74, 6) is -0.397. The molecule has 0 aliphatic carbocycles. The normalized spacial score (nSPS) is 9.47. The molecule has 0 atom stereocenters. The number of rotatable bonds is 4. The van der Waals surface area contributed by atoms with E-state index in [1.54, 1.807) is 0 Å². The summed E-state index contributed by atoms with van der Waals surface area (Å²) < 4.78 is 4.91. The maximum absolute atomic E-state index is 10.8. The van der Waals surface area contributed by atoms with Crippen molar-refractivity contribution in [1.29, 1.82) is 0 Å². The van der Waals surface area contributed by atoms with Crippen molar-refractivity contribution in [3.63, 3.8) is 0 Å². The van der Waals surface area contributed by atoms with E-state index in [4.69, 9.17) is 4.74 Å². The van der Waals surface area contributed by atoms with Gasteiger partial charge in [-0.1, -0.05) is 18.7 Å². The molecule has 0 unspecified atom stereocenters. The van der Waals surface area contributed by atoms with Crippen LogP contribution >= 0.6 is 0 Å². The molecule has 1 aromatic carbocycles. The summed E-state index contributed by atoms with van der Waals surface area (Å²) in [6.07, 6.45) is 1.16. The third kappa shape index (κ3) is 3.46. The fourth-order valence-corrected chi connectivity index (χ4v) is 1.10. The largest absolute Gasteiger partial charge is 0.458 e. The molecule has 80 valence electrons. The average molecular weight is 205 g/mol. The summed E-state index contributed by atoms with van der Waals surface area (Å²) in [6.45, 7) is 3.62. The van der Waals surface area contributed by atoms with Crippen LogP contribution in [0.1, 0.15) is 5.56 Å². The second kappa shape index (κ2) is 5.20. The van der Waals surface area contributed by atoms with E-state index in [2.05, 4.69) is 6.58 Å². The first kappa shape index (κ1) is 11.3. The van der Waals surface area contributed by atoms with E-state index in [-0.39, 0.29) is 0 Å². The molecule has 15 heavy (non-hydrogen) atoms. The van der Waals surface area contributed by atoms with Gasteiger partial charge in [0.15, 0.2) is 0 Å². The molecule has 1 rings (SSSR count). The molecule has 0 amide bonds. The number of hydrogen-bond donors (Lipinski definition) is 0. The van der Waals surface area contributed by atoms with Crippen molar-refractivity contribution in [1.82, 2.24) is 0 Å². The van der Waals surface area contributed by atoms with Gasteiger partial charge in [0.25, 0.3) is 0 Å². The molecule has 0 N–H and O–H groups in total. The van der Waals surface area contributed by atoms with Crippen molar-refractivity contribution in [3.8, 4) is 0 Å². The fourth-order valence-electron chi connectivity index (χ4n) is 1.10. The van der Waals surface area contributed by atoms with E-state index in [0.717, 1.165) is 17.3 Å². The monoisotopic (exact) mass is 205 g/mol. The zero-order valence-corrected chi connectivity index (χ0v) is 9.06. The molecular formula is C12H15NO2. The first-order chi connectivity index (χ1) is 7.13. The van der Waals surface area contributed by atoms with Gasteiger partial charge < -0.3 is 9.64 Å². The van der Waals surface area contributed by atoms with Crippen LogP contribution in [0, 0.1) is 0 Å².